The number of para-hydroxylation sites is 1. The van der Waals surface area contributed by atoms with E-state index in [-0.39, 0.29) is 5.75 Å². The average Bonchev–Trinajstić information content (AvgIpc) is 2.44. The van der Waals surface area contributed by atoms with Gasteiger partial charge in [0.05, 0.1) is 0 Å². The van der Waals surface area contributed by atoms with Gasteiger partial charge in [-0.1, -0.05) is 18.2 Å². The molecule has 0 saturated heterocycles. The van der Waals surface area contributed by atoms with Gasteiger partial charge >= 0.3 is 0 Å². The van der Waals surface area contributed by atoms with E-state index in [1.807, 2.05) is 24.3 Å². The smallest absolute Gasteiger partial charge is 0.123 e. The van der Waals surface area contributed by atoms with E-state index in [0.29, 0.717) is 5.69 Å². The van der Waals surface area contributed by atoms with Crippen molar-refractivity contribution >= 4 is 11.4 Å². The van der Waals surface area contributed by atoms with Crippen LogP contribution in [0.3, 0.4) is 0 Å². The van der Waals surface area contributed by atoms with Crippen LogP contribution in [0.4, 0.5) is 11.4 Å². The number of nitrogens with two attached hydrogens (primary N) is 1. The van der Waals surface area contributed by atoms with Gasteiger partial charge in [-0.3, -0.25) is 0 Å². The third-order valence-corrected chi connectivity index (χ3v) is 3.32. The second kappa shape index (κ2) is 5.65. The predicted molar refractivity (Wildman–Crippen MR) is 81.5 cm³/mol. The number of phenolic OH excluding ortho intramolecular Hbond substituents is 1. The van der Waals surface area contributed by atoms with E-state index in [0.717, 1.165) is 29.9 Å². The highest BCUT2D eigenvalue weighted by atomic mass is 16.3. The molecule has 2 aromatic rings. The Labute approximate surface area is 114 Å². The SMILES string of the molecule is CCN(CC)c1ccccc1-c1cc(N)ccc1O. The van der Waals surface area contributed by atoms with E-state index in [4.69, 9.17) is 5.73 Å². The monoisotopic (exact) mass is 256 g/mol. The maximum Gasteiger partial charge on any atom is 0.123 e. The summed E-state index contributed by atoms with van der Waals surface area (Å²) in [5, 5.41) is 10.1. The number of hydrogen-bond donors (Lipinski definition) is 2. The van der Waals surface area contributed by atoms with Crippen molar-refractivity contribution in [3.8, 4) is 16.9 Å². The Kier molecular flexibility index (Phi) is 3.95. The summed E-state index contributed by atoms with van der Waals surface area (Å²) in [5.41, 5.74) is 9.40. The lowest BCUT2D eigenvalue weighted by atomic mass is 10.0. The van der Waals surface area contributed by atoms with E-state index < -0.39 is 0 Å². The molecule has 0 unspecified atom stereocenters. The summed E-state index contributed by atoms with van der Waals surface area (Å²) in [6.07, 6.45) is 0. The Morgan fingerprint density at radius 2 is 1.68 bits per heavy atom. The lowest BCUT2D eigenvalue weighted by Crippen LogP contribution is -2.22. The minimum atomic E-state index is 0.258. The molecule has 19 heavy (non-hydrogen) atoms. The molecule has 0 amide bonds. The van der Waals surface area contributed by atoms with Crippen LogP contribution in [0, 0.1) is 0 Å². The van der Waals surface area contributed by atoms with Crippen LogP contribution in [0.1, 0.15) is 13.8 Å². The summed E-state index contributed by atoms with van der Waals surface area (Å²) < 4.78 is 0. The average molecular weight is 256 g/mol. The van der Waals surface area contributed by atoms with Crippen molar-refractivity contribution in [2.75, 3.05) is 23.7 Å². The Balaban J connectivity index is 2.59. The van der Waals surface area contributed by atoms with Gasteiger partial charge in [0, 0.05) is 35.6 Å². The second-order valence-corrected chi connectivity index (χ2v) is 4.47. The highest BCUT2D eigenvalue weighted by Crippen LogP contribution is 2.37. The second-order valence-electron chi connectivity index (χ2n) is 4.47. The molecule has 0 fully saturated rings. The molecule has 0 atom stereocenters. The summed E-state index contributed by atoms with van der Waals surface area (Å²) in [7, 11) is 0. The van der Waals surface area contributed by atoms with Crippen LogP contribution >= 0.6 is 0 Å². The Morgan fingerprint density at radius 3 is 2.37 bits per heavy atom. The molecular formula is C16H20N2O. The van der Waals surface area contributed by atoms with Crippen LogP contribution in [-0.2, 0) is 0 Å². The lowest BCUT2D eigenvalue weighted by molar-refractivity contribution is 0.477. The summed E-state index contributed by atoms with van der Waals surface area (Å²) in [6.45, 7) is 6.10. The van der Waals surface area contributed by atoms with E-state index in [1.54, 1.807) is 12.1 Å². The van der Waals surface area contributed by atoms with Gasteiger partial charge in [-0.2, -0.15) is 0 Å². The van der Waals surface area contributed by atoms with Gasteiger partial charge in [-0.15, -0.1) is 0 Å². The molecule has 2 rings (SSSR count). The Morgan fingerprint density at radius 1 is 1.00 bits per heavy atom. The van der Waals surface area contributed by atoms with Crippen LogP contribution in [0.15, 0.2) is 42.5 Å². The van der Waals surface area contributed by atoms with E-state index >= 15 is 0 Å². The number of nitrogen functional groups attached to an aromatic ring is 1. The molecule has 0 spiro atoms. The quantitative estimate of drug-likeness (QED) is 0.650. The highest BCUT2D eigenvalue weighted by molar-refractivity contribution is 5.83. The number of phenols is 1. The number of rotatable bonds is 4. The molecule has 0 saturated carbocycles. The minimum absolute atomic E-state index is 0.258. The van der Waals surface area contributed by atoms with Gasteiger partial charge in [0.15, 0.2) is 0 Å². The molecule has 3 nitrogen and oxygen atoms in total. The van der Waals surface area contributed by atoms with Gasteiger partial charge in [-0.25, -0.2) is 0 Å². The van der Waals surface area contributed by atoms with Gasteiger partial charge in [0.25, 0.3) is 0 Å². The van der Waals surface area contributed by atoms with Crippen molar-refractivity contribution in [3.63, 3.8) is 0 Å². The van der Waals surface area contributed by atoms with Crippen molar-refractivity contribution in [1.29, 1.82) is 0 Å². The molecule has 0 aliphatic heterocycles. The predicted octanol–water partition coefficient (Wildman–Crippen LogP) is 3.49. The summed E-state index contributed by atoms with van der Waals surface area (Å²) in [6, 6.07) is 13.2. The van der Waals surface area contributed by atoms with Crippen LogP contribution in [0.5, 0.6) is 5.75 Å². The van der Waals surface area contributed by atoms with Gasteiger partial charge < -0.3 is 15.7 Å². The zero-order valence-corrected chi connectivity index (χ0v) is 11.4. The lowest BCUT2D eigenvalue weighted by Gasteiger charge is -2.24. The molecule has 0 radical (unpaired) electrons. The van der Waals surface area contributed by atoms with Gasteiger partial charge in [0.2, 0.25) is 0 Å². The first kappa shape index (κ1) is 13.3. The van der Waals surface area contributed by atoms with Gasteiger partial charge in [-0.05, 0) is 38.1 Å². The molecule has 3 heteroatoms. The number of aromatic hydroxyl groups is 1. The molecule has 0 aliphatic rings. The van der Waals surface area contributed by atoms with Gasteiger partial charge in [0.1, 0.15) is 5.75 Å². The molecule has 3 N–H and O–H groups in total. The van der Waals surface area contributed by atoms with Crippen LogP contribution < -0.4 is 10.6 Å². The summed E-state index contributed by atoms with van der Waals surface area (Å²) in [5.74, 6) is 0.258. The molecule has 0 aliphatic carbocycles. The first-order chi connectivity index (χ1) is 9.17. The first-order valence-corrected chi connectivity index (χ1v) is 6.60. The fourth-order valence-electron chi connectivity index (χ4n) is 2.31. The zero-order valence-electron chi connectivity index (χ0n) is 11.4. The third-order valence-electron chi connectivity index (χ3n) is 3.32. The number of benzene rings is 2. The van der Waals surface area contributed by atoms with E-state index in [9.17, 15) is 5.11 Å². The Hall–Kier alpha value is -2.16. The van der Waals surface area contributed by atoms with E-state index in [1.165, 1.54) is 0 Å². The van der Waals surface area contributed by atoms with Crippen LogP contribution in [0.25, 0.3) is 11.1 Å². The van der Waals surface area contributed by atoms with Crippen molar-refractivity contribution in [3.05, 3.63) is 42.5 Å². The zero-order chi connectivity index (χ0) is 13.8. The number of hydrogen-bond acceptors (Lipinski definition) is 3. The molecular weight excluding hydrogens is 236 g/mol. The molecule has 100 valence electrons. The molecule has 0 aromatic heterocycles. The minimum Gasteiger partial charge on any atom is -0.507 e. The third kappa shape index (κ3) is 2.65. The topological polar surface area (TPSA) is 49.5 Å². The Bertz CT molecular complexity index is 562. The highest BCUT2D eigenvalue weighted by Gasteiger charge is 2.12. The molecule has 0 heterocycles. The van der Waals surface area contributed by atoms with E-state index in [2.05, 4.69) is 24.8 Å². The number of anilines is 2. The maximum absolute atomic E-state index is 10.1. The van der Waals surface area contributed by atoms with Crippen molar-refractivity contribution in [2.45, 2.75) is 13.8 Å². The fourth-order valence-corrected chi connectivity index (χ4v) is 2.31. The maximum atomic E-state index is 10.1. The summed E-state index contributed by atoms with van der Waals surface area (Å²) in [4.78, 5) is 2.26. The molecule has 0 bridgehead atoms. The first-order valence-electron chi connectivity index (χ1n) is 6.60. The van der Waals surface area contributed by atoms with Crippen LogP contribution in [0.2, 0.25) is 0 Å². The van der Waals surface area contributed by atoms with Crippen molar-refractivity contribution in [1.82, 2.24) is 0 Å². The van der Waals surface area contributed by atoms with Crippen molar-refractivity contribution < 1.29 is 5.11 Å². The fraction of sp³-hybridized carbons (Fsp3) is 0.250. The number of nitrogens with zero attached hydrogens (tertiary/aromatic N) is 1. The largest absolute Gasteiger partial charge is 0.507 e. The summed E-state index contributed by atoms with van der Waals surface area (Å²) >= 11 is 0. The molecule has 2 aromatic carbocycles. The van der Waals surface area contributed by atoms with Crippen LogP contribution in [-0.4, -0.2) is 18.2 Å². The van der Waals surface area contributed by atoms with Crippen molar-refractivity contribution in [2.24, 2.45) is 0 Å². The normalized spacial score (nSPS) is 10.4. The standard InChI is InChI=1S/C16H20N2O/c1-3-18(4-2)15-8-6-5-7-13(15)14-11-12(17)9-10-16(14)19/h5-11,19H,3-4,17H2,1-2H3.